The number of pyridine rings is 1. The minimum absolute atomic E-state index is 0.0218. The molecule has 9 nitrogen and oxygen atoms in total. The normalized spacial score (nSPS) is 29.2. The molecule has 3 aromatic heterocycles. The van der Waals surface area contributed by atoms with Gasteiger partial charge in [0.25, 0.3) is 0 Å². The number of benzene rings is 1. The van der Waals surface area contributed by atoms with E-state index in [0.717, 1.165) is 5.56 Å². The number of hydrogen-bond acceptors (Lipinski definition) is 8. The van der Waals surface area contributed by atoms with E-state index in [1.54, 1.807) is 16.8 Å². The number of nitrogens with two attached hydrogens (primary N) is 2. The summed E-state index contributed by atoms with van der Waals surface area (Å²) in [7, 11) is 0. The second-order valence-electron chi connectivity index (χ2n) is 8.99. The van der Waals surface area contributed by atoms with Crippen molar-refractivity contribution in [1.82, 2.24) is 19.5 Å². The lowest BCUT2D eigenvalue weighted by molar-refractivity contribution is -0.0675. The molecule has 1 aromatic carbocycles. The van der Waals surface area contributed by atoms with E-state index in [4.69, 9.17) is 16.2 Å². The van der Waals surface area contributed by atoms with Gasteiger partial charge in [-0.2, -0.15) is 0 Å². The van der Waals surface area contributed by atoms with Gasteiger partial charge in [-0.15, -0.1) is 0 Å². The van der Waals surface area contributed by atoms with E-state index >= 15 is 0 Å². The van der Waals surface area contributed by atoms with Crippen molar-refractivity contribution in [3.8, 4) is 0 Å². The molecular weight excluding hydrogens is 427 g/mol. The Hall–Kier alpha value is -3.34. The summed E-state index contributed by atoms with van der Waals surface area (Å²) in [6.45, 7) is 0. The van der Waals surface area contributed by atoms with Gasteiger partial charge >= 0.3 is 0 Å². The largest absolute Gasteiger partial charge is 0.385 e. The third-order valence-corrected chi connectivity index (χ3v) is 7.08. The molecule has 5 atom stereocenters. The number of aliphatic hydroxyl groups excluding tert-OH is 1. The standard InChI is InChI=1S/C23H23FN6O3/c24-15-9-12-2-1-11(8-16(12)29-20(15)26)7-13-3-5-23(32)17(31)22(33-18(13)23)30-6-4-14-19(25)27-10-28-21(14)30/h1-2,4,6,8-10,13,17-18,22,31-32H,3,5,7H2,(H2,26,29)(H2,25,27,28)/t13-,17-,18+,22+,23-/m0/s1. The molecule has 0 spiro atoms. The Morgan fingerprint density at radius 3 is 2.88 bits per heavy atom. The second kappa shape index (κ2) is 7.08. The van der Waals surface area contributed by atoms with Gasteiger partial charge in [-0.25, -0.2) is 19.3 Å². The number of hydrogen-bond donors (Lipinski definition) is 4. The van der Waals surface area contributed by atoms with Crippen LogP contribution in [0.25, 0.3) is 21.9 Å². The van der Waals surface area contributed by atoms with Crippen LogP contribution in [0.3, 0.4) is 0 Å². The highest BCUT2D eigenvalue weighted by Gasteiger charge is 2.61. The first-order valence-electron chi connectivity index (χ1n) is 10.8. The number of nitrogen functional groups attached to an aromatic ring is 2. The van der Waals surface area contributed by atoms with Crippen molar-refractivity contribution in [2.24, 2.45) is 5.92 Å². The maximum absolute atomic E-state index is 13.7. The lowest BCUT2D eigenvalue weighted by Crippen LogP contribution is -2.45. The topological polar surface area (TPSA) is 145 Å². The first-order valence-corrected chi connectivity index (χ1v) is 10.8. The first-order chi connectivity index (χ1) is 15.8. The Morgan fingerprint density at radius 2 is 2.03 bits per heavy atom. The number of anilines is 2. The lowest BCUT2D eigenvalue weighted by atomic mass is 9.90. The molecule has 2 fully saturated rings. The van der Waals surface area contributed by atoms with E-state index < -0.39 is 29.9 Å². The fraction of sp³-hybridized carbons (Fsp3) is 0.348. The summed E-state index contributed by atoms with van der Waals surface area (Å²) < 4.78 is 21.7. The van der Waals surface area contributed by atoms with Gasteiger partial charge in [-0.05, 0) is 48.9 Å². The van der Waals surface area contributed by atoms with E-state index in [9.17, 15) is 14.6 Å². The van der Waals surface area contributed by atoms with Gasteiger partial charge in [0.15, 0.2) is 17.9 Å². The van der Waals surface area contributed by atoms with E-state index in [2.05, 4.69) is 15.0 Å². The van der Waals surface area contributed by atoms with Crippen LogP contribution in [0.5, 0.6) is 0 Å². The number of aliphatic hydroxyl groups is 2. The number of rotatable bonds is 3. The SMILES string of the molecule is Nc1nc2cc(C[C@@H]3CC[C@@]4(O)[C@@H]3O[C@@H](n3ccc5c(N)ncnc53)[C@@H]4O)ccc2cc1F. The van der Waals surface area contributed by atoms with Crippen LogP contribution in [-0.2, 0) is 11.2 Å². The van der Waals surface area contributed by atoms with E-state index in [-0.39, 0.29) is 11.7 Å². The van der Waals surface area contributed by atoms with Gasteiger partial charge < -0.3 is 31.0 Å². The highest BCUT2D eigenvalue weighted by atomic mass is 19.1. The molecule has 33 heavy (non-hydrogen) atoms. The lowest BCUT2D eigenvalue weighted by Gasteiger charge is -2.26. The summed E-state index contributed by atoms with van der Waals surface area (Å²) in [5.74, 6) is -0.358. The van der Waals surface area contributed by atoms with Gasteiger partial charge in [0.1, 0.15) is 29.5 Å². The third-order valence-electron chi connectivity index (χ3n) is 7.08. The summed E-state index contributed by atoms with van der Waals surface area (Å²) in [5, 5.41) is 23.8. The number of ether oxygens (including phenoxy) is 1. The molecule has 10 heteroatoms. The maximum atomic E-state index is 13.7. The number of nitrogens with zero attached hydrogens (tertiary/aromatic N) is 4. The molecule has 2 aliphatic rings. The van der Waals surface area contributed by atoms with E-state index in [1.807, 2.05) is 18.2 Å². The Balaban J connectivity index is 1.29. The van der Waals surface area contributed by atoms with Crippen molar-refractivity contribution >= 4 is 33.6 Å². The Morgan fingerprint density at radius 1 is 1.18 bits per heavy atom. The molecule has 1 saturated heterocycles. The summed E-state index contributed by atoms with van der Waals surface area (Å²) in [6, 6.07) is 8.75. The molecule has 0 unspecified atom stereocenters. The molecule has 6 N–H and O–H groups in total. The number of halogens is 1. The quantitative estimate of drug-likeness (QED) is 0.370. The second-order valence-corrected chi connectivity index (χ2v) is 8.99. The Kier molecular flexibility index (Phi) is 4.35. The molecule has 1 aliphatic carbocycles. The average molecular weight is 450 g/mol. The van der Waals surface area contributed by atoms with Crippen LogP contribution >= 0.6 is 0 Å². The van der Waals surface area contributed by atoms with E-state index in [1.165, 1.54) is 12.4 Å². The molecule has 4 aromatic rings. The smallest absolute Gasteiger partial charge is 0.165 e. The molecular formula is C23H23FN6O3. The van der Waals surface area contributed by atoms with Gasteiger partial charge in [0.2, 0.25) is 0 Å². The van der Waals surface area contributed by atoms with Crippen LogP contribution in [0.15, 0.2) is 42.9 Å². The van der Waals surface area contributed by atoms with Crippen LogP contribution in [0.1, 0.15) is 24.6 Å². The van der Waals surface area contributed by atoms with Crippen molar-refractivity contribution in [1.29, 1.82) is 0 Å². The molecule has 0 amide bonds. The van der Waals surface area contributed by atoms with E-state index in [0.29, 0.717) is 47.0 Å². The average Bonchev–Trinajstić information content (AvgIpc) is 3.42. The molecule has 1 aliphatic heterocycles. The fourth-order valence-electron chi connectivity index (χ4n) is 5.39. The predicted octanol–water partition coefficient (Wildman–Crippen LogP) is 1.93. The summed E-state index contributed by atoms with van der Waals surface area (Å²) >= 11 is 0. The van der Waals surface area contributed by atoms with Crippen LogP contribution < -0.4 is 11.5 Å². The minimum atomic E-state index is -1.37. The van der Waals surface area contributed by atoms with Crippen molar-refractivity contribution < 1.29 is 19.3 Å². The summed E-state index contributed by atoms with van der Waals surface area (Å²) in [5.41, 5.74) is 12.3. The first kappa shape index (κ1) is 20.3. The third kappa shape index (κ3) is 2.98. The summed E-state index contributed by atoms with van der Waals surface area (Å²) in [4.78, 5) is 12.4. The highest BCUT2D eigenvalue weighted by Crippen LogP contribution is 2.50. The zero-order valence-corrected chi connectivity index (χ0v) is 17.6. The monoisotopic (exact) mass is 450 g/mol. The van der Waals surface area contributed by atoms with Crippen LogP contribution in [0.2, 0.25) is 0 Å². The molecule has 0 radical (unpaired) electrons. The molecule has 6 rings (SSSR count). The van der Waals surface area contributed by atoms with Crippen molar-refractivity contribution in [3.05, 3.63) is 54.2 Å². The highest BCUT2D eigenvalue weighted by molar-refractivity contribution is 5.86. The van der Waals surface area contributed by atoms with Gasteiger partial charge in [-0.3, -0.25) is 0 Å². The maximum Gasteiger partial charge on any atom is 0.165 e. The van der Waals surface area contributed by atoms with Gasteiger partial charge in [0, 0.05) is 11.6 Å². The molecule has 4 heterocycles. The Labute approximate surface area is 187 Å². The van der Waals surface area contributed by atoms with Crippen LogP contribution in [-0.4, -0.2) is 47.5 Å². The number of aromatic nitrogens is 4. The summed E-state index contributed by atoms with van der Waals surface area (Å²) in [6.07, 6.45) is 2.35. The van der Waals surface area contributed by atoms with Crippen LogP contribution in [0.4, 0.5) is 16.0 Å². The zero-order valence-electron chi connectivity index (χ0n) is 17.6. The number of fused-ring (bicyclic) bond motifs is 3. The van der Waals surface area contributed by atoms with Crippen LogP contribution in [0, 0.1) is 11.7 Å². The van der Waals surface area contributed by atoms with Crippen molar-refractivity contribution in [2.45, 2.75) is 43.3 Å². The Bertz CT molecular complexity index is 1390. The predicted molar refractivity (Wildman–Crippen MR) is 119 cm³/mol. The fourth-order valence-corrected chi connectivity index (χ4v) is 5.39. The van der Waals surface area contributed by atoms with Crippen molar-refractivity contribution in [3.63, 3.8) is 0 Å². The molecule has 1 saturated carbocycles. The van der Waals surface area contributed by atoms with Gasteiger partial charge in [0.05, 0.1) is 17.0 Å². The zero-order chi connectivity index (χ0) is 22.9. The van der Waals surface area contributed by atoms with Crippen molar-refractivity contribution in [2.75, 3.05) is 11.5 Å². The minimum Gasteiger partial charge on any atom is -0.385 e. The molecule has 170 valence electrons. The van der Waals surface area contributed by atoms with Gasteiger partial charge in [-0.1, -0.05) is 12.1 Å². The molecule has 0 bridgehead atoms.